The molecule has 3 aromatic carbocycles. The first-order chi connectivity index (χ1) is 15.0. The zero-order valence-electron chi connectivity index (χ0n) is 17.4. The molecule has 1 atom stereocenters. The highest BCUT2D eigenvalue weighted by Gasteiger charge is 2.25. The van der Waals surface area contributed by atoms with Crippen molar-refractivity contribution in [3.63, 3.8) is 0 Å². The predicted molar refractivity (Wildman–Crippen MR) is 118 cm³/mol. The summed E-state index contributed by atoms with van der Waals surface area (Å²) >= 11 is 0. The van der Waals surface area contributed by atoms with Gasteiger partial charge >= 0.3 is 5.97 Å². The minimum atomic E-state index is -0.673. The number of Topliss-reactive ketones (excluding diaryl/α,β-unsaturated/α-hetero) is 1. The molecule has 3 aromatic rings. The number of hydrogen-bond donors (Lipinski definition) is 1. The highest BCUT2D eigenvalue weighted by molar-refractivity contribution is 5.90. The third-order valence-electron chi connectivity index (χ3n) is 4.96. The van der Waals surface area contributed by atoms with Gasteiger partial charge in [0, 0.05) is 0 Å². The van der Waals surface area contributed by atoms with E-state index >= 15 is 0 Å². The van der Waals surface area contributed by atoms with Gasteiger partial charge in [-0.15, -0.1) is 0 Å². The number of ketones is 1. The van der Waals surface area contributed by atoms with Gasteiger partial charge in [-0.05, 0) is 30.0 Å². The van der Waals surface area contributed by atoms with Gasteiger partial charge in [0.05, 0.1) is 6.04 Å². The Morgan fingerprint density at radius 1 is 0.774 bits per heavy atom. The van der Waals surface area contributed by atoms with E-state index in [-0.39, 0.29) is 5.78 Å². The van der Waals surface area contributed by atoms with E-state index in [1.54, 1.807) is 0 Å². The third-order valence-corrected chi connectivity index (χ3v) is 4.96. The summed E-state index contributed by atoms with van der Waals surface area (Å²) in [5, 5.41) is 2.67. The molecule has 0 aliphatic rings. The van der Waals surface area contributed by atoms with Crippen LogP contribution in [0.25, 0.3) is 0 Å². The van der Waals surface area contributed by atoms with Crippen molar-refractivity contribution in [1.82, 2.24) is 5.32 Å². The van der Waals surface area contributed by atoms with Crippen LogP contribution < -0.4 is 5.32 Å². The molecule has 158 valence electrons. The van der Waals surface area contributed by atoms with Crippen LogP contribution in [0.15, 0.2) is 91.0 Å². The third kappa shape index (κ3) is 6.37. The number of rotatable bonds is 9. The van der Waals surface area contributed by atoms with E-state index in [4.69, 9.17) is 4.74 Å². The smallest absolute Gasteiger partial charge is 0.318 e. The second-order valence-electron chi connectivity index (χ2n) is 7.28. The number of nitrogens with one attached hydrogen (secondary N) is 1. The van der Waals surface area contributed by atoms with Gasteiger partial charge in [-0.2, -0.15) is 0 Å². The Morgan fingerprint density at radius 2 is 1.26 bits per heavy atom. The van der Waals surface area contributed by atoms with Crippen LogP contribution in [0, 0.1) is 0 Å². The summed E-state index contributed by atoms with van der Waals surface area (Å²) in [5.74, 6) is -1.82. The van der Waals surface area contributed by atoms with Crippen molar-refractivity contribution in [3.05, 3.63) is 108 Å². The van der Waals surface area contributed by atoms with Crippen LogP contribution in [-0.2, 0) is 25.5 Å². The van der Waals surface area contributed by atoms with E-state index in [0.29, 0.717) is 6.42 Å². The van der Waals surface area contributed by atoms with Crippen molar-refractivity contribution in [2.45, 2.75) is 25.3 Å². The summed E-state index contributed by atoms with van der Waals surface area (Å²) in [6.07, 6.45) is 0.381. The highest BCUT2D eigenvalue weighted by atomic mass is 16.5. The minimum Gasteiger partial charge on any atom is -0.455 e. The van der Waals surface area contributed by atoms with E-state index in [1.165, 1.54) is 6.92 Å². The second kappa shape index (κ2) is 10.9. The number of benzene rings is 3. The maximum absolute atomic E-state index is 12.9. The van der Waals surface area contributed by atoms with Crippen LogP contribution in [0.4, 0.5) is 0 Å². The van der Waals surface area contributed by atoms with Crippen molar-refractivity contribution in [1.29, 1.82) is 0 Å². The summed E-state index contributed by atoms with van der Waals surface area (Å²) in [4.78, 5) is 37.3. The largest absolute Gasteiger partial charge is 0.455 e. The predicted octanol–water partition coefficient (Wildman–Crippen LogP) is 3.68. The van der Waals surface area contributed by atoms with Gasteiger partial charge in [-0.25, -0.2) is 0 Å². The fourth-order valence-electron chi connectivity index (χ4n) is 3.36. The van der Waals surface area contributed by atoms with Crippen LogP contribution in [0.2, 0.25) is 0 Å². The molecule has 5 heteroatoms. The molecule has 3 rings (SSSR count). The lowest BCUT2D eigenvalue weighted by molar-refractivity contribution is -0.149. The average molecular weight is 415 g/mol. The fourth-order valence-corrected chi connectivity index (χ4v) is 3.36. The SMILES string of the molecule is CC(=O)[C@H](Cc1ccccc1)NC(=O)COC(=O)C(c1ccccc1)c1ccccc1. The van der Waals surface area contributed by atoms with Crippen LogP contribution in [0.1, 0.15) is 29.5 Å². The number of amides is 1. The molecule has 0 saturated carbocycles. The van der Waals surface area contributed by atoms with Gasteiger partial charge in [0.15, 0.2) is 12.4 Å². The standard InChI is InChI=1S/C26H25NO4/c1-19(28)23(17-20-11-5-2-6-12-20)27-24(29)18-31-26(30)25(21-13-7-3-8-14-21)22-15-9-4-10-16-22/h2-16,23,25H,17-18H2,1H3,(H,27,29)/t23-/m0/s1. The molecule has 0 saturated heterocycles. The van der Waals surface area contributed by atoms with Crippen LogP contribution >= 0.6 is 0 Å². The van der Waals surface area contributed by atoms with Gasteiger partial charge in [0.25, 0.3) is 5.91 Å². The Hall–Kier alpha value is -3.73. The zero-order valence-corrected chi connectivity index (χ0v) is 17.4. The van der Waals surface area contributed by atoms with E-state index in [2.05, 4.69) is 5.32 Å². The first kappa shape index (κ1) is 22.0. The number of carbonyl (C=O) groups is 3. The quantitative estimate of drug-likeness (QED) is 0.541. The van der Waals surface area contributed by atoms with Gasteiger partial charge < -0.3 is 10.1 Å². The first-order valence-corrected chi connectivity index (χ1v) is 10.1. The van der Waals surface area contributed by atoms with Gasteiger partial charge in [-0.3, -0.25) is 14.4 Å². The molecule has 0 aliphatic heterocycles. The normalized spacial score (nSPS) is 11.5. The molecule has 0 aromatic heterocycles. The van der Waals surface area contributed by atoms with E-state index < -0.39 is 30.4 Å². The molecule has 0 bridgehead atoms. The minimum absolute atomic E-state index is 0.157. The lowest BCUT2D eigenvalue weighted by Gasteiger charge is -2.19. The molecule has 0 aliphatic carbocycles. The Labute approximate surface area is 182 Å². The van der Waals surface area contributed by atoms with Crippen molar-refractivity contribution in [2.24, 2.45) is 0 Å². The van der Waals surface area contributed by atoms with Gasteiger partial charge in [-0.1, -0.05) is 91.0 Å². The number of ether oxygens (including phenoxy) is 1. The topological polar surface area (TPSA) is 72.5 Å². The number of carbonyl (C=O) groups excluding carboxylic acids is 3. The van der Waals surface area contributed by atoms with Gasteiger partial charge in [0.2, 0.25) is 0 Å². The van der Waals surface area contributed by atoms with E-state index in [9.17, 15) is 14.4 Å². The number of hydrogen-bond acceptors (Lipinski definition) is 4. The molecule has 0 spiro atoms. The fraction of sp³-hybridized carbons (Fsp3) is 0.192. The maximum Gasteiger partial charge on any atom is 0.318 e. The summed E-state index contributed by atoms with van der Waals surface area (Å²) < 4.78 is 5.34. The molecular formula is C26H25NO4. The number of esters is 1. The molecule has 31 heavy (non-hydrogen) atoms. The monoisotopic (exact) mass is 415 g/mol. The van der Waals surface area contributed by atoms with Crippen molar-refractivity contribution >= 4 is 17.7 Å². The van der Waals surface area contributed by atoms with Crippen molar-refractivity contribution < 1.29 is 19.1 Å². The average Bonchev–Trinajstić information content (AvgIpc) is 2.79. The molecule has 0 unspecified atom stereocenters. The first-order valence-electron chi connectivity index (χ1n) is 10.1. The molecule has 1 amide bonds. The van der Waals surface area contributed by atoms with Crippen molar-refractivity contribution in [2.75, 3.05) is 6.61 Å². The lowest BCUT2D eigenvalue weighted by atomic mass is 9.91. The summed E-state index contributed by atoms with van der Waals surface area (Å²) in [6, 6.07) is 27.3. The maximum atomic E-state index is 12.9. The van der Waals surface area contributed by atoms with Crippen LogP contribution in [0.3, 0.4) is 0 Å². The molecule has 0 heterocycles. The summed E-state index contributed by atoms with van der Waals surface area (Å²) in [6.45, 7) is 0.980. The van der Waals surface area contributed by atoms with Crippen LogP contribution in [0.5, 0.6) is 0 Å². The Morgan fingerprint density at radius 3 is 1.74 bits per heavy atom. The van der Waals surface area contributed by atoms with Crippen molar-refractivity contribution in [3.8, 4) is 0 Å². The summed E-state index contributed by atoms with van der Waals surface area (Å²) in [7, 11) is 0. The van der Waals surface area contributed by atoms with Crippen LogP contribution in [-0.4, -0.2) is 30.3 Å². The highest BCUT2D eigenvalue weighted by Crippen LogP contribution is 2.25. The molecule has 5 nitrogen and oxygen atoms in total. The molecule has 0 fully saturated rings. The van der Waals surface area contributed by atoms with E-state index in [1.807, 2.05) is 91.0 Å². The van der Waals surface area contributed by atoms with Gasteiger partial charge in [0.1, 0.15) is 5.92 Å². The Balaban J connectivity index is 1.64. The second-order valence-corrected chi connectivity index (χ2v) is 7.28. The molecule has 0 radical (unpaired) electrons. The molecular weight excluding hydrogens is 390 g/mol. The van der Waals surface area contributed by atoms with E-state index in [0.717, 1.165) is 16.7 Å². The molecule has 1 N–H and O–H groups in total. The lowest BCUT2D eigenvalue weighted by Crippen LogP contribution is -2.43. The zero-order chi connectivity index (χ0) is 22.1. The summed E-state index contributed by atoms with van der Waals surface area (Å²) in [5.41, 5.74) is 2.50. The Kier molecular flexibility index (Phi) is 7.71. The Bertz CT molecular complexity index is 964.